The van der Waals surface area contributed by atoms with Gasteiger partial charge in [-0.3, -0.25) is 9.13 Å². The maximum absolute atomic E-state index is 3.96. The van der Waals surface area contributed by atoms with Gasteiger partial charge >= 0.3 is 7.74 Å². The largest absolute Gasteiger partial charge is 0.317 e. The molecule has 4 heteroatoms. The molecule has 1 aromatic rings. The van der Waals surface area contributed by atoms with Crippen molar-refractivity contribution < 1.29 is 0 Å². The zero-order valence-electron chi connectivity index (χ0n) is 12.7. The van der Waals surface area contributed by atoms with Gasteiger partial charge in [-0.2, -0.15) is 0 Å². The topological polar surface area (TPSA) is 6.48 Å². The summed E-state index contributed by atoms with van der Waals surface area (Å²) in [6, 6.07) is 10.8. The van der Waals surface area contributed by atoms with Gasteiger partial charge in [-0.1, -0.05) is 45.6 Å². The van der Waals surface area contributed by atoms with Crippen molar-refractivity contribution in [2.45, 2.75) is 58.8 Å². The van der Waals surface area contributed by atoms with Gasteiger partial charge in [-0.15, -0.1) is 0 Å². The Morgan fingerprint density at radius 1 is 0.895 bits per heavy atom. The predicted octanol–water partition coefficient (Wildman–Crippen LogP) is 4.28. The highest BCUT2D eigenvalue weighted by molar-refractivity contribution is 9.24. The molecule has 2 nitrogen and oxygen atoms in total. The Labute approximate surface area is 127 Å². The Morgan fingerprint density at radius 3 is 1.68 bits per heavy atom. The van der Waals surface area contributed by atoms with Gasteiger partial charge in [-0.05, 0) is 47.1 Å². The lowest BCUT2D eigenvalue weighted by molar-refractivity contribution is -0.0238. The molecule has 0 saturated carbocycles. The van der Waals surface area contributed by atoms with Gasteiger partial charge in [0.2, 0.25) is 0 Å². The first-order valence-electron chi connectivity index (χ1n) is 6.80. The normalized spacial score (nSPS) is 20.6. The van der Waals surface area contributed by atoms with Crippen molar-refractivity contribution in [3.63, 3.8) is 0 Å². The molecule has 1 aliphatic heterocycles. The van der Waals surface area contributed by atoms with Crippen molar-refractivity contribution in [1.82, 2.24) is 9.13 Å². The second kappa shape index (κ2) is 4.99. The Kier molecular flexibility index (Phi) is 4.00. The van der Waals surface area contributed by atoms with E-state index in [1.165, 1.54) is 5.56 Å². The van der Waals surface area contributed by atoms with Crippen LogP contribution < -0.4 is 0 Å². The fourth-order valence-electron chi connectivity index (χ4n) is 2.59. The molecule has 1 saturated heterocycles. The third kappa shape index (κ3) is 2.82. The predicted molar refractivity (Wildman–Crippen MR) is 87.0 cm³/mol. The van der Waals surface area contributed by atoms with E-state index < -0.39 is 7.74 Å². The molecule has 1 radical (unpaired) electrons. The van der Waals surface area contributed by atoms with Crippen LogP contribution >= 0.6 is 15.3 Å². The summed E-state index contributed by atoms with van der Waals surface area (Å²) in [5, 5.41) is 0. The van der Waals surface area contributed by atoms with Crippen molar-refractivity contribution >= 4 is 23.0 Å². The number of hydrogen-bond acceptors (Lipinski definition) is 2. The van der Waals surface area contributed by atoms with Crippen LogP contribution in [0.25, 0.3) is 0 Å². The minimum atomic E-state index is -0.801. The molecule has 0 atom stereocenters. The lowest BCUT2D eigenvalue weighted by Crippen LogP contribution is -2.75. The van der Waals surface area contributed by atoms with E-state index in [1.807, 2.05) is 0 Å². The van der Waals surface area contributed by atoms with Crippen LogP contribution in [-0.2, 0) is 0 Å². The summed E-state index contributed by atoms with van der Waals surface area (Å²) < 4.78 is 5.25. The summed E-state index contributed by atoms with van der Waals surface area (Å²) in [7, 11) is -0.801. The fourth-order valence-corrected chi connectivity index (χ4v) is 9.05. The van der Waals surface area contributed by atoms with Crippen LogP contribution in [0.15, 0.2) is 30.3 Å². The van der Waals surface area contributed by atoms with Crippen LogP contribution in [-0.4, -0.2) is 27.9 Å². The summed E-state index contributed by atoms with van der Waals surface area (Å²) in [6.45, 7) is 13.8. The summed E-state index contributed by atoms with van der Waals surface area (Å²) in [5.74, 6) is 0. The van der Waals surface area contributed by atoms with E-state index in [-0.39, 0.29) is 11.1 Å². The average Bonchev–Trinajstić information content (AvgIpc) is 2.22. The molecule has 0 spiro atoms. The smallest absolute Gasteiger partial charge is 0.279 e. The van der Waals surface area contributed by atoms with Crippen molar-refractivity contribution in [2.75, 3.05) is 0 Å². The number of halogens is 1. The number of hydrogen-bond donors (Lipinski definition) is 0. The van der Waals surface area contributed by atoms with Gasteiger partial charge in [0.05, 0.1) is 6.17 Å². The molecule has 105 valence electrons. The molecule has 0 bridgehead atoms. The van der Waals surface area contributed by atoms with Gasteiger partial charge in [-0.25, -0.2) is 0 Å². The Hall–Kier alpha value is -0.163. The van der Waals surface area contributed by atoms with Crippen molar-refractivity contribution in [3.8, 4) is 0 Å². The lowest BCUT2D eigenvalue weighted by atomic mass is 10.0. The van der Waals surface area contributed by atoms with E-state index in [2.05, 4.69) is 96.3 Å². The maximum Gasteiger partial charge on any atom is 0.317 e. The van der Waals surface area contributed by atoms with Crippen LogP contribution in [0.3, 0.4) is 0 Å². The third-order valence-electron chi connectivity index (χ3n) is 3.43. The van der Waals surface area contributed by atoms with Gasteiger partial charge in [0.1, 0.15) is 0 Å². The molecule has 1 aliphatic rings. The van der Waals surface area contributed by atoms with Crippen molar-refractivity contribution in [2.24, 2.45) is 0 Å². The van der Waals surface area contributed by atoms with E-state index in [0.29, 0.717) is 6.17 Å². The second-order valence-corrected chi connectivity index (χ2v) is 10.8. The number of benzene rings is 1. The van der Waals surface area contributed by atoms with E-state index in [1.54, 1.807) is 0 Å². The van der Waals surface area contributed by atoms with E-state index in [4.69, 9.17) is 0 Å². The standard InChI is InChI=1S/C15H24BrN2Si/c1-14(2,3)17-13(12-10-8-7-9-11-12)18(19(17)16)15(4,5)6/h7-11,13H,1-6H3. The molecule has 1 fully saturated rings. The van der Waals surface area contributed by atoms with Gasteiger partial charge < -0.3 is 0 Å². The van der Waals surface area contributed by atoms with Crippen LogP contribution in [0.1, 0.15) is 53.3 Å². The number of nitrogens with zero attached hydrogens (tertiary/aromatic N) is 2. The molecule has 19 heavy (non-hydrogen) atoms. The summed E-state index contributed by atoms with van der Waals surface area (Å²) in [4.78, 5) is 0. The fraction of sp³-hybridized carbons (Fsp3) is 0.600. The molecule has 0 unspecified atom stereocenters. The average molecular weight is 340 g/mol. The molecule has 1 heterocycles. The van der Waals surface area contributed by atoms with Crippen LogP contribution in [0, 0.1) is 0 Å². The zero-order valence-corrected chi connectivity index (χ0v) is 15.3. The van der Waals surface area contributed by atoms with E-state index in [9.17, 15) is 0 Å². The molecule has 0 amide bonds. The van der Waals surface area contributed by atoms with Crippen LogP contribution in [0.5, 0.6) is 0 Å². The van der Waals surface area contributed by atoms with Gasteiger partial charge in [0.15, 0.2) is 0 Å². The minimum absolute atomic E-state index is 0.181. The Morgan fingerprint density at radius 2 is 1.32 bits per heavy atom. The molecule has 0 aliphatic carbocycles. The minimum Gasteiger partial charge on any atom is -0.279 e. The maximum atomic E-state index is 3.96. The molecule has 0 aromatic heterocycles. The van der Waals surface area contributed by atoms with Gasteiger partial charge in [0.25, 0.3) is 0 Å². The second-order valence-electron chi connectivity index (χ2n) is 7.14. The van der Waals surface area contributed by atoms with E-state index >= 15 is 0 Å². The molecule has 0 N–H and O–H groups in total. The SMILES string of the molecule is CC(C)(C)N1C(c2ccccc2)N(C(C)(C)C)[Si]1Br. The third-order valence-corrected chi connectivity index (χ3v) is 8.35. The lowest BCUT2D eigenvalue weighted by Gasteiger charge is -2.63. The highest BCUT2D eigenvalue weighted by Gasteiger charge is 2.56. The van der Waals surface area contributed by atoms with Crippen LogP contribution in [0.4, 0.5) is 0 Å². The Bertz CT molecular complexity index is 414. The highest BCUT2D eigenvalue weighted by atomic mass is 79.9. The highest BCUT2D eigenvalue weighted by Crippen LogP contribution is 2.47. The van der Waals surface area contributed by atoms with Gasteiger partial charge in [0, 0.05) is 11.1 Å². The van der Waals surface area contributed by atoms with Crippen LogP contribution in [0.2, 0.25) is 0 Å². The Balaban J connectivity index is 2.39. The monoisotopic (exact) mass is 339 g/mol. The first-order valence-corrected chi connectivity index (χ1v) is 10.5. The quantitative estimate of drug-likeness (QED) is 0.556. The molecular weight excluding hydrogens is 316 g/mol. The summed E-state index contributed by atoms with van der Waals surface area (Å²) in [5.41, 5.74) is 1.75. The summed E-state index contributed by atoms with van der Waals surface area (Å²) in [6.07, 6.45) is 0.384. The zero-order chi connectivity index (χ0) is 14.4. The molecule has 1 aromatic carbocycles. The van der Waals surface area contributed by atoms with Crippen molar-refractivity contribution in [3.05, 3.63) is 35.9 Å². The first kappa shape index (κ1) is 15.2. The first-order chi connectivity index (χ1) is 8.64. The van der Waals surface area contributed by atoms with Crippen molar-refractivity contribution in [1.29, 1.82) is 0 Å². The number of rotatable bonds is 1. The molecular formula is C15H24BrN2Si. The summed E-state index contributed by atoms with van der Waals surface area (Å²) >= 11 is 3.96. The van der Waals surface area contributed by atoms with E-state index in [0.717, 1.165) is 0 Å². The molecule has 2 rings (SSSR count).